The van der Waals surface area contributed by atoms with E-state index in [9.17, 15) is 4.79 Å². The van der Waals surface area contributed by atoms with E-state index in [2.05, 4.69) is 37.1 Å². The number of fused-ring (bicyclic) bond motifs is 1. The van der Waals surface area contributed by atoms with E-state index < -0.39 is 0 Å². The van der Waals surface area contributed by atoms with Crippen molar-refractivity contribution < 1.29 is 14.3 Å². The van der Waals surface area contributed by atoms with Gasteiger partial charge >= 0.3 is 0 Å². The van der Waals surface area contributed by atoms with Crippen LogP contribution < -0.4 is 15.0 Å². The van der Waals surface area contributed by atoms with E-state index in [1.165, 1.54) is 5.57 Å². The smallest absolute Gasteiger partial charge is 0.241 e. The Hall–Kier alpha value is -1.89. The lowest BCUT2D eigenvalue weighted by Crippen LogP contribution is -2.52. The predicted octanol–water partition coefficient (Wildman–Crippen LogP) is 2.15. The highest BCUT2D eigenvalue weighted by Crippen LogP contribution is 2.40. The van der Waals surface area contributed by atoms with Crippen molar-refractivity contribution >= 4 is 17.2 Å². The van der Waals surface area contributed by atoms with E-state index in [1.807, 2.05) is 23.1 Å². The van der Waals surface area contributed by atoms with E-state index in [4.69, 9.17) is 9.47 Å². The molecule has 6 nitrogen and oxygen atoms in total. The Bertz CT molecular complexity index is 709. The molecule has 0 saturated carbocycles. The van der Waals surface area contributed by atoms with Crippen LogP contribution in [-0.2, 0) is 9.53 Å². The highest BCUT2D eigenvalue weighted by Gasteiger charge is 2.35. The molecule has 1 amide bonds. The minimum absolute atomic E-state index is 0.0807. The number of hydrogen-bond acceptors (Lipinski definition) is 5. The van der Waals surface area contributed by atoms with Gasteiger partial charge in [-0.3, -0.25) is 9.69 Å². The number of rotatable bonds is 6. The zero-order valence-electron chi connectivity index (χ0n) is 16.9. The van der Waals surface area contributed by atoms with Crippen LogP contribution in [0.2, 0.25) is 0 Å². The summed E-state index contributed by atoms with van der Waals surface area (Å²) >= 11 is 0. The van der Waals surface area contributed by atoms with Gasteiger partial charge in [0.1, 0.15) is 5.75 Å². The maximum atomic E-state index is 13.1. The van der Waals surface area contributed by atoms with E-state index in [1.54, 1.807) is 7.11 Å². The summed E-state index contributed by atoms with van der Waals surface area (Å²) in [6.45, 7) is 11.8. The molecular formula is C21H31N3O3. The molecular weight excluding hydrogens is 342 g/mol. The molecule has 1 N–H and O–H groups in total. The number of nitrogens with zero attached hydrogens (tertiary/aromatic N) is 2. The number of allylic oxidation sites excluding steroid dienone is 1. The number of carbonyl (C=O) groups is 1. The van der Waals surface area contributed by atoms with Crippen molar-refractivity contribution in [3.8, 4) is 5.75 Å². The lowest BCUT2D eigenvalue weighted by molar-refractivity contribution is -0.118. The SMILES string of the molecule is COc1ccc2c(c1)C(C)=CC(C)(C)N2C(=O)CNCCN1CCOCC1. The highest BCUT2D eigenvalue weighted by molar-refractivity contribution is 6.01. The van der Waals surface area contributed by atoms with Gasteiger partial charge in [-0.2, -0.15) is 0 Å². The normalized spacial score (nSPS) is 19.4. The second kappa shape index (κ2) is 8.42. The van der Waals surface area contributed by atoms with Crippen molar-refractivity contribution in [1.82, 2.24) is 10.2 Å². The van der Waals surface area contributed by atoms with Gasteiger partial charge in [0.05, 0.1) is 38.1 Å². The van der Waals surface area contributed by atoms with Crippen molar-refractivity contribution in [2.24, 2.45) is 0 Å². The van der Waals surface area contributed by atoms with Crippen molar-refractivity contribution in [3.63, 3.8) is 0 Å². The molecule has 0 aliphatic carbocycles. The third kappa shape index (κ3) is 4.51. The maximum absolute atomic E-state index is 13.1. The van der Waals surface area contributed by atoms with Crippen LogP contribution in [0.3, 0.4) is 0 Å². The first-order valence-corrected chi connectivity index (χ1v) is 9.64. The summed E-state index contributed by atoms with van der Waals surface area (Å²) < 4.78 is 10.7. The third-order valence-electron chi connectivity index (χ3n) is 5.25. The fourth-order valence-corrected chi connectivity index (χ4v) is 3.93. The van der Waals surface area contributed by atoms with Gasteiger partial charge in [-0.1, -0.05) is 6.08 Å². The largest absolute Gasteiger partial charge is 0.497 e. The molecule has 0 bridgehead atoms. The Labute approximate surface area is 162 Å². The first kappa shape index (κ1) is 19.9. The van der Waals surface area contributed by atoms with E-state index in [0.717, 1.165) is 56.4 Å². The molecule has 3 rings (SSSR count). The van der Waals surface area contributed by atoms with Gasteiger partial charge in [0.2, 0.25) is 5.91 Å². The fraction of sp³-hybridized carbons (Fsp3) is 0.571. The van der Waals surface area contributed by atoms with Gasteiger partial charge in [-0.05, 0) is 44.5 Å². The van der Waals surface area contributed by atoms with Crippen LogP contribution in [-0.4, -0.2) is 69.4 Å². The maximum Gasteiger partial charge on any atom is 0.241 e. The molecule has 0 radical (unpaired) electrons. The molecule has 1 aromatic rings. The van der Waals surface area contributed by atoms with Gasteiger partial charge in [0.25, 0.3) is 0 Å². The number of carbonyl (C=O) groups excluding carboxylic acids is 1. The van der Waals surface area contributed by atoms with Gasteiger partial charge in [-0.15, -0.1) is 0 Å². The molecule has 0 unspecified atom stereocenters. The van der Waals surface area contributed by atoms with Crippen LogP contribution in [0.25, 0.3) is 5.57 Å². The molecule has 27 heavy (non-hydrogen) atoms. The van der Waals surface area contributed by atoms with E-state index in [0.29, 0.717) is 6.54 Å². The van der Waals surface area contributed by atoms with E-state index >= 15 is 0 Å². The third-order valence-corrected chi connectivity index (χ3v) is 5.25. The Morgan fingerprint density at radius 1 is 1.30 bits per heavy atom. The monoisotopic (exact) mass is 373 g/mol. The van der Waals surface area contributed by atoms with E-state index in [-0.39, 0.29) is 11.4 Å². The number of hydrogen-bond donors (Lipinski definition) is 1. The lowest BCUT2D eigenvalue weighted by atomic mass is 9.88. The second-order valence-corrected chi connectivity index (χ2v) is 7.72. The fourth-order valence-electron chi connectivity index (χ4n) is 3.93. The van der Waals surface area contributed by atoms with Crippen LogP contribution in [0, 0.1) is 0 Å². The molecule has 2 heterocycles. The molecule has 1 fully saturated rings. The Kier molecular flexibility index (Phi) is 6.19. The predicted molar refractivity (Wildman–Crippen MR) is 108 cm³/mol. The summed E-state index contributed by atoms with van der Waals surface area (Å²) in [6, 6.07) is 5.90. The summed E-state index contributed by atoms with van der Waals surface area (Å²) in [4.78, 5) is 17.3. The van der Waals surface area contributed by atoms with Gasteiger partial charge < -0.3 is 19.7 Å². The van der Waals surface area contributed by atoms with Crippen molar-refractivity contribution in [3.05, 3.63) is 29.8 Å². The minimum Gasteiger partial charge on any atom is -0.497 e. The molecule has 1 aromatic carbocycles. The summed E-state index contributed by atoms with van der Waals surface area (Å²) in [5, 5.41) is 3.31. The molecule has 0 aromatic heterocycles. The number of amides is 1. The number of benzene rings is 1. The number of nitrogens with one attached hydrogen (secondary N) is 1. The lowest BCUT2D eigenvalue weighted by Gasteiger charge is -2.41. The minimum atomic E-state index is -0.366. The zero-order chi connectivity index (χ0) is 19.4. The Morgan fingerprint density at radius 2 is 2.04 bits per heavy atom. The average Bonchev–Trinajstić information content (AvgIpc) is 2.65. The number of anilines is 1. The topological polar surface area (TPSA) is 54.0 Å². The highest BCUT2D eigenvalue weighted by atomic mass is 16.5. The first-order chi connectivity index (χ1) is 12.9. The van der Waals surface area contributed by atoms with Crippen molar-refractivity contribution in [2.75, 3.05) is 57.9 Å². The summed E-state index contributed by atoms with van der Waals surface area (Å²) in [7, 11) is 1.66. The molecule has 6 heteroatoms. The molecule has 0 spiro atoms. The van der Waals surface area contributed by atoms with Crippen molar-refractivity contribution in [2.45, 2.75) is 26.3 Å². The molecule has 2 aliphatic heterocycles. The average molecular weight is 373 g/mol. The van der Waals surface area contributed by atoms with Crippen LogP contribution in [0.4, 0.5) is 5.69 Å². The van der Waals surface area contributed by atoms with Crippen LogP contribution >= 0.6 is 0 Å². The summed E-state index contributed by atoms with van der Waals surface area (Å²) in [5.41, 5.74) is 2.80. The zero-order valence-corrected chi connectivity index (χ0v) is 16.9. The quantitative estimate of drug-likeness (QED) is 0.775. The van der Waals surface area contributed by atoms with Crippen LogP contribution in [0.15, 0.2) is 24.3 Å². The molecule has 148 valence electrons. The summed E-state index contributed by atoms with van der Waals surface area (Å²) in [6.07, 6.45) is 2.15. The van der Waals surface area contributed by atoms with Crippen molar-refractivity contribution in [1.29, 1.82) is 0 Å². The standard InChI is InChI=1S/C21H31N3O3/c1-16-14-21(2,3)24(19-6-5-17(26-4)13-18(16)19)20(25)15-22-7-8-23-9-11-27-12-10-23/h5-6,13-14,22H,7-12,15H2,1-4H3. The second-order valence-electron chi connectivity index (χ2n) is 7.72. The van der Waals surface area contributed by atoms with Crippen LogP contribution in [0.1, 0.15) is 26.3 Å². The number of ether oxygens (including phenoxy) is 2. The van der Waals surface area contributed by atoms with Crippen LogP contribution in [0.5, 0.6) is 5.75 Å². The van der Waals surface area contributed by atoms with Gasteiger partial charge in [-0.25, -0.2) is 0 Å². The Morgan fingerprint density at radius 3 is 2.74 bits per heavy atom. The number of methoxy groups -OCH3 is 1. The molecule has 0 atom stereocenters. The number of morpholine rings is 1. The van der Waals surface area contributed by atoms with Gasteiger partial charge in [0.15, 0.2) is 0 Å². The molecule has 1 saturated heterocycles. The Balaban J connectivity index is 1.66. The summed E-state index contributed by atoms with van der Waals surface area (Å²) in [5.74, 6) is 0.884. The van der Waals surface area contributed by atoms with Gasteiger partial charge in [0, 0.05) is 31.7 Å². The molecule has 2 aliphatic rings. The first-order valence-electron chi connectivity index (χ1n) is 9.64.